The first-order valence-corrected chi connectivity index (χ1v) is 15.4. The number of hydrogen-bond acceptors (Lipinski definition) is 7. The van der Waals surface area contributed by atoms with Gasteiger partial charge in [-0.25, -0.2) is 5.43 Å². The van der Waals surface area contributed by atoms with Gasteiger partial charge >= 0.3 is 0 Å². The van der Waals surface area contributed by atoms with E-state index in [2.05, 4.69) is 28.7 Å². The highest BCUT2D eigenvalue weighted by Crippen LogP contribution is 2.50. The highest BCUT2D eigenvalue weighted by Gasteiger charge is 2.46. The van der Waals surface area contributed by atoms with Gasteiger partial charge in [-0.15, -0.1) is 11.3 Å². The van der Waals surface area contributed by atoms with Crippen molar-refractivity contribution in [2.45, 2.75) is 69.6 Å². The largest absolute Gasteiger partial charge is 0.496 e. The molecule has 0 radical (unpaired) electrons. The molecule has 1 aliphatic carbocycles. The number of fused-ring (bicyclic) bond motifs is 1. The first-order valence-electron chi connectivity index (χ1n) is 14.6. The number of hydrogen-bond donors (Lipinski definition) is 3. The Morgan fingerprint density at radius 1 is 1.00 bits per heavy atom. The summed E-state index contributed by atoms with van der Waals surface area (Å²) in [5, 5.41) is 16.2. The summed E-state index contributed by atoms with van der Waals surface area (Å²) in [7, 11) is 1.69. The number of nitrogens with zero attached hydrogens (tertiary/aromatic N) is 2. The molecule has 9 heteroatoms. The zero-order valence-electron chi connectivity index (χ0n) is 23.7. The van der Waals surface area contributed by atoms with Gasteiger partial charge in [0.25, 0.3) is 11.8 Å². The lowest BCUT2D eigenvalue weighted by Gasteiger charge is -2.36. The van der Waals surface area contributed by atoms with E-state index in [1.807, 2.05) is 24.3 Å². The molecule has 2 amide bonds. The average molecular weight is 575 g/mol. The number of amides is 2. The number of aliphatic hydroxyl groups is 1. The Morgan fingerprint density at radius 2 is 1.71 bits per heavy atom. The second-order valence-electron chi connectivity index (χ2n) is 11.5. The molecule has 3 N–H and O–H groups in total. The van der Waals surface area contributed by atoms with Crippen LogP contribution in [0.4, 0.5) is 10.7 Å². The standard InChI is InChI=1S/C32H38N4O4S/c1-32(25-10-6-7-11-27(25)40-2)26-20-28(41-31(26)36(34-32)23-8-4-3-5-9-23)29(38)33-22-14-12-21(13-15-22)30(39)35-18-16-24(37)17-19-35/h6-7,10-15,20,23-24,34,37H,3-5,8-9,16-19H2,1-2H3,(H,33,38). The number of thiophene rings is 1. The Kier molecular flexibility index (Phi) is 7.76. The van der Waals surface area contributed by atoms with Crippen molar-refractivity contribution in [2.24, 2.45) is 0 Å². The number of hydrazine groups is 1. The summed E-state index contributed by atoms with van der Waals surface area (Å²) >= 11 is 1.52. The lowest BCUT2D eigenvalue weighted by molar-refractivity contribution is 0.0546. The molecule has 6 rings (SSSR count). The number of carbonyl (C=O) groups is 2. The van der Waals surface area contributed by atoms with Crippen LogP contribution in [-0.2, 0) is 5.54 Å². The zero-order chi connectivity index (χ0) is 28.6. The molecule has 1 saturated heterocycles. The molecule has 3 aliphatic rings. The van der Waals surface area contributed by atoms with E-state index in [0.717, 1.165) is 34.7 Å². The summed E-state index contributed by atoms with van der Waals surface area (Å²) < 4.78 is 5.75. The zero-order valence-corrected chi connectivity index (χ0v) is 24.5. The maximum absolute atomic E-state index is 13.5. The van der Waals surface area contributed by atoms with Crippen LogP contribution in [0, 0.1) is 0 Å². The molecule has 3 heterocycles. The Labute approximate surface area is 245 Å². The van der Waals surface area contributed by atoms with E-state index in [4.69, 9.17) is 4.74 Å². The fraction of sp³-hybridized carbons (Fsp3) is 0.438. The topological polar surface area (TPSA) is 94.1 Å². The summed E-state index contributed by atoms with van der Waals surface area (Å²) in [5.41, 5.74) is 6.62. The lowest BCUT2D eigenvalue weighted by atomic mass is 9.86. The van der Waals surface area contributed by atoms with Crippen LogP contribution in [0.3, 0.4) is 0 Å². The molecule has 8 nitrogen and oxygen atoms in total. The number of likely N-dealkylation sites (tertiary alicyclic amines) is 1. The van der Waals surface area contributed by atoms with Gasteiger partial charge in [-0.05, 0) is 69.0 Å². The van der Waals surface area contributed by atoms with Crippen molar-refractivity contribution in [2.75, 3.05) is 30.5 Å². The first-order chi connectivity index (χ1) is 19.9. The Hall–Kier alpha value is -3.40. The Bertz CT molecular complexity index is 1410. The maximum Gasteiger partial charge on any atom is 0.265 e. The molecule has 0 bridgehead atoms. The van der Waals surface area contributed by atoms with Crippen molar-refractivity contribution >= 4 is 33.8 Å². The molecule has 2 fully saturated rings. The fourth-order valence-corrected chi connectivity index (χ4v) is 7.58. The highest BCUT2D eigenvalue weighted by atomic mass is 32.1. The van der Waals surface area contributed by atoms with Crippen molar-refractivity contribution < 1.29 is 19.4 Å². The molecular weight excluding hydrogens is 536 g/mol. The lowest BCUT2D eigenvalue weighted by Crippen LogP contribution is -2.50. The van der Waals surface area contributed by atoms with Crippen molar-refractivity contribution in [1.29, 1.82) is 0 Å². The fourth-order valence-electron chi connectivity index (χ4n) is 6.38. The number of nitrogens with one attached hydrogen (secondary N) is 2. The minimum Gasteiger partial charge on any atom is -0.496 e. The number of rotatable bonds is 6. The molecule has 216 valence electrons. The van der Waals surface area contributed by atoms with E-state index in [1.54, 1.807) is 36.3 Å². The van der Waals surface area contributed by atoms with Gasteiger partial charge in [0.15, 0.2) is 0 Å². The average Bonchev–Trinajstić information content (AvgIpc) is 3.58. The molecular formula is C32H38N4O4S. The second-order valence-corrected chi connectivity index (χ2v) is 12.5. The predicted octanol–water partition coefficient (Wildman–Crippen LogP) is 5.53. The monoisotopic (exact) mass is 574 g/mol. The Balaban J connectivity index is 1.24. The highest BCUT2D eigenvalue weighted by molar-refractivity contribution is 7.18. The van der Waals surface area contributed by atoms with Crippen LogP contribution in [0.25, 0.3) is 0 Å². The van der Waals surface area contributed by atoms with Crippen molar-refractivity contribution in [3.63, 3.8) is 0 Å². The number of methoxy groups -OCH3 is 1. The molecule has 2 aliphatic heterocycles. The third-order valence-corrected chi connectivity index (χ3v) is 9.90. The van der Waals surface area contributed by atoms with Gasteiger partial charge in [0.05, 0.1) is 23.6 Å². The van der Waals surface area contributed by atoms with Crippen molar-refractivity contribution in [3.8, 4) is 5.75 Å². The minimum atomic E-state index is -0.541. The van der Waals surface area contributed by atoms with Crippen LogP contribution in [0.5, 0.6) is 5.75 Å². The van der Waals surface area contributed by atoms with Crippen LogP contribution >= 0.6 is 11.3 Å². The van der Waals surface area contributed by atoms with Gasteiger partial charge in [-0.2, -0.15) is 0 Å². The number of ether oxygens (including phenoxy) is 1. The number of para-hydroxylation sites is 1. The third-order valence-electron chi connectivity index (χ3n) is 8.76. The molecule has 1 saturated carbocycles. The van der Waals surface area contributed by atoms with Gasteiger partial charge in [0.2, 0.25) is 0 Å². The summed E-state index contributed by atoms with van der Waals surface area (Å²) in [6.45, 7) is 3.28. The molecule has 0 spiro atoms. The van der Waals surface area contributed by atoms with E-state index in [9.17, 15) is 14.7 Å². The number of carbonyl (C=O) groups excluding carboxylic acids is 2. The molecule has 1 atom stereocenters. The van der Waals surface area contributed by atoms with Gasteiger partial charge in [-0.1, -0.05) is 37.5 Å². The van der Waals surface area contributed by atoms with Crippen LogP contribution in [0.2, 0.25) is 0 Å². The van der Waals surface area contributed by atoms with Crippen LogP contribution in [-0.4, -0.2) is 54.2 Å². The van der Waals surface area contributed by atoms with Gasteiger partial charge in [-0.3, -0.25) is 14.6 Å². The van der Waals surface area contributed by atoms with E-state index < -0.39 is 5.54 Å². The molecule has 1 unspecified atom stereocenters. The number of anilines is 2. The number of aliphatic hydroxyl groups excluding tert-OH is 1. The third kappa shape index (κ3) is 5.34. The second kappa shape index (κ2) is 11.5. The Morgan fingerprint density at radius 3 is 2.41 bits per heavy atom. The van der Waals surface area contributed by atoms with E-state index in [0.29, 0.717) is 48.1 Å². The van der Waals surface area contributed by atoms with E-state index in [1.165, 1.54) is 30.6 Å². The summed E-state index contributed by atoms with van der Waals surface area (Å²) in [6, 6.07) is 17.5. The van der Waals surface area contributed by atoms with E-state index in [-0.39, 0.29) is 17.9 Å². The van der Waals surface area contributed by atoms with Gasteiger partial charge in [0, 0.05) is 41.5 Å². The SMILES string of the molecule is COc1ccccc1C1(C)NN(C2CCCCC2)c2sc(C(=O)Nc3ccc(C(=O)N4CCC(O)CC4)cc3)cc21. The first kappa shape index (κ1) is 27.8. The van der Waals surface area contributed by atoms with Gasteiger partial charge < -0.3 is 20.1 Å². The van der Waals surface area contributed by atoms with Crippen molar-refractivity contribution in [3.05, 3.63) is 76.2 Å². The quantitative estimate of drug-likeness (QED) is 0.359. The van der Waals surface area contributed by atoms with Crippen molar-refractivity contribution in [1.82, 2.24) is 10.3 Å². The predicted molar refractivity (Wildman–Crippen MR) is 162 cm³/mol. The van der Waals surface area contributed by atoms with Gasteiger partial charge in [0.1, 0.15) is 10.8 Å². The molecule has 1 aromatic heterocycles. The summed E-state index contributed by atoms with van der Waals surface area (Å²) in [4.78, 5) is 28.8. The van der Waals surface area contributed by atoms with Crippen LogP contribution in [0.15, 0.2) is 54.6 Å². The molecule has 3 aromatic rings. The molecule has 2 aromatic carbocycles. The summed E-state index contributed by atoms with van der Waals surface area (Å²) in [6.07, 6.45) is 6.82. The van der Waals surface area contributed by atoms with Crippen LogP contribution < -0.4 is 20.5 Å². The normalized spacial score (nSPS) is 21.5. The summed E-state index contributed by atoms with van der Waals surface area (Å²) in [5.74, 6) is 0.598. The number of benzene rings is 2. The smallest absolute Gasteiger partial charge is 0.265 e. The van der Waals surface area contributed by atoms with E-state index >= 15 is 0 Å². The maximum atomic E-state index is 13.5. The number of piperidine rings is 1. The molecule has 41 heavy (non-hydrogen) atoms. The van der Waals surface area contributed by atoms with Crippen LogP contribution in [0.1, 0.15) is 83.0 Å². The minimum absolute atomic E-state index is 0.0459.